The van der Waals surface area contributed by atoms with Crippen molar-refractivity contribution in [3.8, 4) is 0 Å². The fourth-order valence-corrected chi connectivity index (χ4v) is 3.39. The van der Waals surface area contributed by atoms with E-state index in [0.717, 1.165) is 13.1 Å². The summed E-state index contributed by atoms with van der Waals surface area (Å²) in [5, 5.41) is 0. The van der Waals surface area contributed by atoms with Crippen LogP contribution in [0.1, 0.15) is 24.8 Å². The quantitative estimate of drug-likeness (QED) is 0.859. The maximum absolute atomic E-state index is 5.74. The molecule has 2 fully saturated rings. The summed E-state index contributed by atoms with van der Waals surface area (Å²) in [7, 11) is 0. The standard InChI is InChI=1S/C17H27N3/c18-9-8-17(6-7-17)15-20-12-10-19(11-13-20)14-16-4-2-1-3-5-16/h1-5H,6-15,18H2. The first kappa shape index (κ1) is 14.1. The van der Waals surface area contributed by atoms with Gasteiger partial charge in [-0.25, -0.2) is 0 Å². The minimum Gasteiger partial charge on any atom is -0.330 e. The number of benzene rings is 1. The van der Waals surface area contributed by atoms with Gasteiger partial charge in [0.2, 0.25) is 0 Å². The molecule has 1 aromatic rings. The van der Waals surface area contributed by atoms with Crippen molar-refractivity contribution in [2.75, 3.05) is 39.3 Å². The van der Waals surface area contributed by atoms with E-state index in [4.69, 9.17) is 5.73 Å². The van der Waals surface area contributed by atoms with E-state index >= 15 is 0 Å². The molecule has 3 heteroatoms. The van der Waals surface area contributed by atoms with Gasteiger partial charge in [-0.05, 0) is 36.8 Å². The van der Waals surface area contributed by atoms with Gasteiger partial charge in [0.25, 0.3) is 0 Å². The smallest absolute Gasteiger partial charge is 0.0234 e. The lowest BCUT2D eigenvalue weighted by Gasteiger charge is -2.36. The number of hydrogen-bond donors (Lipinski definition) is 1. The van der Waals surface area contributed by atoms with Crippen molar-refractivity contribution in [1.29, 1.82) is 0 Å². The Labute approximate surface area is 122 Å². The average Bonchev–Trinajstić information content (AvgIpc) is 3.22. The zero-order valence-electron chi connectivity index (χ0n) is 12.4. The first-order valence-electron chi connectivity index (χ1n) is 7.98. The molecule has 1 saturated heterocycles. The highest BCUT2D eigenvalue weighted by Crippen LogP contribution is 2.49. The fraction of sp³-hybridized carbons (Fsp3) is 0.647. The summed E-state index contributed by atoms with van der Waals surface area (Å²) < 4.78 is 0. The Morgan fingerprint density at radius 2 is 1.60 bits per heavy atom. The molecule has 1 aromatic carbocycles. The molecule has 0 bridgehead atoms. The summed E-state index contributed by atoms with van der Waals surface area (Å²) in [6.07, 6.45) is 4.01. The average molecular weight is 273 g/mol. The number of nitrogens with two attached hydrogens (primary N) is 1. The third kappa shape index (κ3) is 3.60. The Hall–Kier alpha value is -0.900. The second-order valence-electron chi connectivity index (χ2n) is 6.58. The van der Waals surface area contributed by atoms with Gasteiger partial charge in [0, 0.05) is 39.3 Å². The molecule has 1 aliphatic heterocycles. The van der Waals surface area contributed by atoms with E-state index in [9.17, 15) is 0 Å². The van der Waals surface area contributed by atoms with E-state index in [1.165, 1.54) is 57.5 Å². The zero-order chi connectivity index (χ0) is 13.8. The Morgan fingerprint density at radius 1 is 0.950 bits per heavy atom. The van der Waals surface area contributed by atoms with Gasteiger partial charge in [-0.2, -0.15) is 0 Å². The molecule has 3 rings (SSSR count). The molecule has 1 saturated carbocycles. The number of rotatable bonds is 6. The third-order valence-electron chi connectivity index (χ3n) is 4.90. The van der Waals surface area contributed by atoms with Gasteiger partial charge in [-0.1, -0.05) is 30.3 Å². The highest BCUT2D eigenvalue weighted by atomic mass is 15.3. The lowest BCUT2D eigenvalue weighted by molar-refractivity contribution is 0.107. The highest BCUT2D eigenvalue weighted by molar-refractivity contribution is 5.14. The number of nitrogens with zero attached hydrogens (tertiary/aromatic N) is 2. The topological polar surface area (TPSA) is 32.5 Å². The molecular weight excluding hydrogens is 246 g/mol. The van der Waals surface area contributed by atoms with Crippen molar-refractivity contribution in [3.63, 3.8) is 0 Å². The van der Waals surface area contributed by atoms with Crippen molar-refractivity contribution in [3.05, 3.63) is 35.9 Å². The Morgan fingerprint density at radius 3 is 2.20 bits per heavy atom. The molecule has 110 valence electrons. The molecule has 20 heavy (non-hydrogen) atoms. The van der Waals surface area contributed by atoms with Crippen LogP contribution in [0.25, 0.3) is 0 Å². The van der Waals surface area contributed by atoms with Crippen LogP contribution in [0.15, 0.2) is 30.3 Å². The van der Waals surface area contributed by atoms with Crippen LogP contribution < -0.4 is 5.73 Å². The molecule has 0 aromatic heterocycles. The molecule has 3 nitrogen and oxygen atoms in total. The van der Waals surface area contributed by atoms with Gasteiger partial charge in [-0.15, -0.1) is 0 Å². The predicted molar refractivity (Wildman–Crippen MR) is 83.5 cm³/mol. The molecule has 0 radical (unpaired) electrons. The van der Waals surface area contributed by atoms with Crippen LogP contribution in [0.3, 0.4) is 0 Å². The van der Waals surface area contributed by atoms with Crippen LogP contribution in [0.4, 0.5) is 0 Å². The zero-order valence-corrected chi connectivity index (χ0v) is 12.4. The highest BCUT2D eigenvalue weighted by Gasteiger charge is 2.43. The third-order valence-corrected chi connectivity index (χ3v) is 4.90. The van der Waals surface area contributed by atoms with Crippen LogP contribution in [0, 0.1) is 5.41 Å². The van der Waals surface area contributed by atoms with Gasteiger partial charge >= 0.3 is 0 Å². The molecule has 1 heterocycles. The van der Waals surface area contributed by atoms with Crippen LogP contribution >= 0.6 is 0 Å². The molecule has 0 spiro atoms. The van der Waals surface area contributed by atoms with Gasteiger partial charge in [-0.3, -0.25) is 4.90 Å². The summed E-state index contributed by atoms with van der Waals surface area (Å²) in [5.74, 6) is 0. The van der Waals surface area contributed by atoms with Crippen molar-refractivity contribution >= 4 is 0 Å². The lowest BCUT2D eigenvalue weighted by Crippen LogP contribution is -2.47. The molecular formula is C17H27N3. The maximum Gasteiger partial charge on any atom is 0.0234 e. The molecule has 0 amide bonds. The van der Waals surface area contributed by atoms with Crippen LogP contribution in [0.5, 0.6) is 0 Å². The van der Waals surface area contributed by atoms with Gasteiger partial charge in [0.05, 0.1) is 0 Å². The van der Waals surface area contributed by atoms with E-state index in [-0.39, 0.29) is 0 Å². The van der Waals surface area contributed by atoms with Crippen molar-refractivity contribution < 1.29 is 0 Å². The van der Waals surface area contributed by atoms with Gasteiger partial charge in [0.15, 0.2) is 0 Å². The van der Waals surface area contributed by atoms with E-state index in [0.29, 0.717) is 5.41 Å². The normalized spacial score (nSPS) is 22.9. The summed E-state index contributed by atoms with van der Waals surface area (Å²) >= 11 is 0. The molecule has 2 N–H and O–H groups in total. The molecule has 1 aliphatic carbocycles. The summed E-state index contributed by atoms with van der Waals surface area (Å²) in [6.45, 7) is 8.08. The van der Waals surface area contributed by atoms with Crippen molar-refractivity contribution in [2.24, 2.45) is 11.1 Å². The second kappa shape index (κ2) is 6.25. The minimum absolute atomic E-state index is 0.594. The van der Waals surface area contributed by atoms with Crippen molar-refractivity contribution in [2.45, 2.75) is 25.8 Å². The summed E-state index contributed by atoms with van der Waals surface area (Å²) in [4.78, 5) is 5.23. The fourth-order valence-electron chi connectivity index (χ4n) is 3.39. The Balaban J connectivity index is 1.43. The second-order valence-corrected chi connectivity index (χ2v) is 6.58. The first-order valence-corrected chi connectivity index (χ1v) is 7.98. The van der Waals surface area contributed by atoms with E-state index < -0.39 is 0 Å². The van der Waals surface area contributed by atoms with E-state index in [1.54, 1.807) is 0 Å². The van der Waals surface area contributed by atoms with E-state index in [1.807, 2.05) is 0 Å². The summed E-state index contributed by atoms with van der Waals surface area (Å²) in [5.41, 5.74) is 7.77. The number of hydrogen-bond acceptors (Lipinski definition) is 3. The molecule has 0 atom stereocenters. The first-order chi connectivity index (χ1) is 9.80. The van der Waals surface area contributed by atoms with Crippen LogP contribution in [-0.2, 0) is 6.54 Å². The maximum atomic E-state index is 5.74. The van der Waals surface area contributed by atoms with Crippen LogP contribution in [-0.4, -0.2) is 49.1 Å². The monoisotopic (exact) mass is 273 g/mol. The van der Waals surface area contributed by atoms with Gasteiger partial charge < -0.3 is 10.6 Å². The molecule has 2 aliphatic rings. The largest absolute Gasteiger partial charge is 0.330 e. The van der Waals surface area contributed by atoms with E-state index in [2.05, 4.69) is 40.1 Å². The minimum atomic E-state index is 0.594. The SMILES string of the molecule is NCCC1(CN2CCN(Cc3ccccc3)CC2)CC1. The lowest BCUT2D eigenvalue weighted by atomic mass is 10.0. The number of piperazine rings is 1. The summed E-state index contributed by atoms with van der Waals surface area (Å²) in [6, 6.07) is 10.8. The Bertz CT molecular complexity index is 406. The predicted octanol–water partition coefficient (Wildman–Crippen LogP) is 1.93. The van der Waals surface area contributed by atoms with Gasteiger partial charge in [0.1, 0.15) is 0 Å². The molecule has 0 unspecified atom stereocenters. The van der Waals surface area contributed by atoms with Crippen LogP contribution in [0.2, 0.25) is 0 Å². The Kier molecular flexibility index (Phi) is 4.39. The van der Waals surface area contributed by atoms with Crippen molar-refractivity contribution in [1.82, 2.24) is 9.80 Å².